The van der Waals surface area contributed by atoms with Crippen molar-refractivity contribution in [3.8, 4) is 5.88 Å². The van der Waals surface area contributed by atoms with Gasteiger partial charge in [-0.25, -0.2) is 14.4 Å². The summed E-state index contributed by atoms with van der Waals surface area (Å²) in [6, 6.07) is 6.88. The molecule has 1 aromatic carbocycles. The van der Waals surface area contributed by atoms with Gasteiger partial charge in [-0.05, 0) is 38.0 Å². The number of hydrogen-bond donors (Lipinski definition) is 1. The molecule has 1 aromatic heterocycles. The molecule has 0 saturated heterocycles. The van der Waals surface area contributed by atoms with Gasteiger partial charge in [-0.3, -0.25) is 0 Å². The van der Waals surface area contributed by atoms with Gasteiger partial charge in [-0.15, -0.1) is 0 Å². The van der Waals surface area contributed by atoms with Crippen LogP contribution in [0.15, 0.2) is 30.6 Å². The molecule has 0 aliphatic rings. The van der Waals surface area contributed by atoms with Crippen molar-refractivity contribution in [3.05, 3.63) is 47.5 Å². The molecule has 0 radical (unpaired) electrons. The molecule has 0 aliphatic carbocycles. The Labute approximate surface area is 118 Å². The molecule has 2 aromatic rings. The third-order valence-corrected chi connectivity index (χ3v) is 2.99. The quantitative estimate of drug-likeness (QED) is 0.907. The van der Waals surface area contributed by atoms with Crippen molar-refractivity contribution >= 4 is 5.82 Å². The topological polar surface area (TPSA) is 47.0 Å². The van der Waals surface area contributed by atoms with E-state index in [9.17, 15) is 4.39 Å². The number of rotatable bonds is 5. The van der Waals surface area contributed by atoms with E-state index in [0.29, 0.717) is 23.9 Å². The first kappa shape index (κ1) is 14.2. The zero-order chi connectivity index (χ0) is 14.5. The van der Waals surface area contributed by atoms with Gasteiger partial charge in [0.1, 0.15) is 18.0 Å². The Balaban J connectivity index is 2.12. The van der Waals surface area contributed by atoms with Crippen LogP contribution in [0.5, 0.6) is 5.88 Å². The van der Waals surface area contributed by atoms with Crippen LogP contribution in [0.25, 0.3) is 0 Å². The van der Waals surface area contributed by atoms with E-state index in [-0.39, 0.29) is 11.9 Å². The van der Waals surface area contributed by atoms with Crippen molar-refractivity contribution in [1.29, 1.82) is 0 Å². The zero-order valence-electron chi connectivity index (χ0n) is 11.9. The number of hydrogen-bond acceptors (Lipinski definition) is 4. The lowest BCUT2D eigenvalue weighted by molar-refractivity contribution is 0.326. The van der Waals surface area contributed by atoms with Crippen LogP contribution < -0.4 is 10.1 Å². The van der Waals surface area contributed by atoms with Crippen LogP contribution in [0.1, 0.15) is 31.0 Å². The highest BCUT2D eigenvalue weighted by Crippen LogP contribution is 2.21. The molecule has 1 unspecified atom stereocenters. The average molecular weight is 275 g/mol. The van der Waals surface area contributed by atoms with E-state index in [4.69, 9.17) is 4.74 Å². The molecule has 5 heteroatoms. The normalized spacial score (nSPS) is 12.0. The predicted octanol–water partition coefficient (Wildman–Crippen LogP) is 3.50. The van der Waals surface area contributed by atoms with Gasteiger partial charge in [0.05, 0.1) is 12.6 Å². The summed E-state index contributed by atoms with van der Waals surface area (Å²) in [7, 11) is 0. The summed E-state index contributed by atoms with van der Waals surface area (Å²) in [5.41, 5.74) is 1.51. The SMILES string of the molecule is CCOc1cc(NC(C)c2ccc(C)c(F)c2)ncn1. The van der Waals surface area contributed by atoms with Crippen LogP contribution in [0, 0.1) is 12.7 Å². The zero-order valence-corrected chi connectivity index (χ0v) is 11.9. The fourth-order valence-electron chi connectivity index (χ4n) is 1.83. The third kappa shape index (κ3) is 3.44. The Bertz CT molecular complexity index is 589. The smallest absolute Gasteiger partial charge is 0.218 e. The summed E-state index contributed by atoms with van der Waals surface area (Å²) in [6.45, 7) is 6.14. The van der Waals surface area contributed by atoms with Crippen LogP contribution in [-0.2, 0) is 0 Å². The number of aromatic nitrogens is 2. The molecule has 2 rings (SSSR count). The van der Waals surface area contributed by atoms with E-state index in [1.165, 1.54) is 12.4 Å². The Kier molecular flexibility index (Phi) is 4.50. The molecule has 0 aliphatic heterocycles. The molecule has 0 bridgehead atoms. The van der Waals surface area contributed by atoms with Gasteiger partial charge in [-0.2, -0.15) is 0 Å². The second kappa shape index (κ2) is 6.32. The van der Waals surface area contributed by atoms with Crippen molar-refractivity contribution in [3.63, 3.8) is 0 Å². The lowest BCUT2D eigenvalue weighted by Crippen LogP contribution is -2.09. The van der Waals surface area contributed by atoms with Gasteiger partial charge < -0.3 is 10.1 Å². The fraction of sp³-hybridized carbons (Fsp3) is 0.333. The Hall–Kier alpha value is -2.17. The van der Waals surface area contributed by atoms with Crippen molar-refractivity contribution in [2.75, 3.05) is 11.9 Å². The summed E-state index contributed by atoms with van der Waals surface area (Å²) >= 11 is 0. The van der Waals surface area contributed by atoms with E-state index in [1.54, 1.807) is 19.1 Å². The lowest BCUT2D eigenvalue weighted by atomic mass is 10.1. The molecule has 20 heavy (non-hydrogen) atoms. The summed E-state index contributed by atoms with van der Waals surface area (Å²) in [4.78, 5) is 8.13. The van der Waals surface area contributed by atoms with Crippen LogP contribution in [0.2, 0.25) is 0 Å². The van der Waals surface area contributed by atoms with Crippen molar-refractivity contribution < 1.29 is 9.13 Å². The summed E-state index contributed by atoms with van der Waals surface area (Å²) in [5, 5.41) is 3.21. The van der Waals surface area contributed by atoms with Gasteiger partial charge in [0.15, 0.2) is 0 Å². The van der Waals surface area contributed by atoms with E-state index in [0.717, 1.165) is 5.56 Å². The fourth-order valence-corrected chi connectivity index (χ4v) is 1.83. The molecule has 1 atom stereocenters. The number of nitrogens with zero attached hydrogens (tertiary/aromatic N) is 2. The van der Waals surface area contributed by atoms with E-state index in [1.807, 2.05) is 19.9 Å². The summed E-state index contributed by atoms with van der Waals surface area (Å²) in [6.07, 6.45) is 1.44. The minimum Gasteiger partial charge on any atom is -0.478 e. The largest absolute Gasteiger partial charge is 0.478 e. The van der Waals surface area contributed by atoms with Gasteiger partial charge in [0.2, 0.25) is 5.88 Å². The second-order valence-electron chi connectivity index (χ2n) is 4.55. The number of aryl methyl sites for hydroxylation is 1. The molecule has 106 valence electrons. The maximum absolute atomic E-state index is 13.6. The molecule has 1 N–H and O–H groups in total. The Morgan fingerprint density at radius 2 is 2.10 bits per heavy atom. The van der Waals surface area contributed by atoms with Crippen molar-refractivity contribution in [1.82, 2.24) is 9.97 Å². The minimum atomic E-state index is -0.200. The molecule has 0 fully saturated rings. The number of anilines is 1. The summed E-state index contributed by atoms with van der Waals surface area (Å²) < 4.78 is 18.9. The number of benzene rings is 1. The molecular weight excluding hydrogens is 257 g/mol. The average Bonchev–Trinajstić information content (AvgIpc) is 2.42. The van der Waals surface area contributed by atoms with Gasteiger partial charge >= 0.3 is 0 Å². The van der Waals surface area contributed by atoms with E-state index < -0.39 is 0 Å². The number of nitrogens with one attached hydrogen (secondary N) is 1. The first-order chi connectivity index (χ1) is 9.60. The molecular formula is C15H18FN3O. The highest BCUT2D eigenvalue weighted by Gasteiger charge is 2.09. The second-order valence-corrected chi connectivity index (χ2v) is 4.55. The maximum atomic E-state index is 13.6. The van der Waals surface area contributed by atoms with Gasteiger partial charge in [0, 0.05) is 6.07 Å². The molecule has 0 amide bonds. The van der Waals surface area contributed by atoms with E-state index >= 15 is 0 Å². The van der Waals surface area contributed by atoms with E-state index in [2.05, 4.69) is 15.3 Å². The van der Waals surface area contributed by atoms with Crippen LogP contribution in [0.4, 0.5) is 10.2 Å². The molecule has 1 heterocycles. The summed E-state index contributed by atoms with van der Waals surface area (Å²) in [5.74, 6) is 0.970. The Morgan fingerprint density at radius 1 is 1.30 bits per heavy atom. The first-order valence-corrected chi connectivity index (χ1v) is 6.57. The lowest BCUT2D eigenvalue weighted by Gasteiger charge is -2.15. The minimum absolute atomic E-state index is 0.0607. The van der Waals surface area contributed by atoms with Gasteiger partial charge in [-0.1, -0.05) is 12.1 Å². The van der Waals surface area contributed by atoms with Crippen molar-refractivity contribution in [2.45, 2.75) is 26.8 Å². The molecule has 0 saturated carbocycles. The van der Waals surface area contributed by atoms with Crippen LogP contribution in [0.3, 0.4) is 0 Å². The maximum Gasteiger partial charge on any atom is 0.218 e. The van der Waals surface area contributed by atoms with Crippen LogP contribution in [-0.4, -0.2) is 16.6 Å². The van der Waals surface area contributed by atoms with Crippen LogP contribution >= 0.6 is 0 Å². The number of halogens is 1. The number of ether oxygens (including phenoxy) is 1. The van der Waals surface area contributed by atoms with Crippen molar-refractivity contribution in [2.24, 2.45) is 0 Å². The van der Waals surface area contributed by atoms with Gasteiger partial charge in [0.25, 0.3) is 0 Å². The highest BCUT2D eigenvalue weighted by molar-refractivity contribution is 5.40. The molecule has 0 spiro atoms. The standard InChI is InChI=1S/C15H18FN3O/c1-4-20-15-8-14(17-9-18-15)19-11(3)12-6-5-10(2)13(16)7-12/h5-9,11H,4H2,1-3H3,(H,17,18,19). The first-order valence-electron chi connectivity index (χ1n) is 6.57. The third-order valence-electron chi connectivity index (χ3n) is 2.99. The highest BCUT2D eigenvalue weighted by atomic mass is 19.1. The Morgan fingerprint density at radius 3 is 2.80 bits per heavy atom. The predicted molar refractivity (Wildman–Crippen MR) is 76.4 cm³/mol. The monoisotopic (exact) mass is 275 g/mol. The molecule has 4 nitrogen and oxygen atoms in total.